The van der Waals surface area contributed by atoms with Gasteiger partial charge < -0.3 is 4.74 Å². The molecule has 2 radical (unpaired) electrons. The van der Waals surface area contributed by atoms with E-state index in [4.69, 9.17) is 7.85 Å². The molecule has 0 aliphatic rings. The van der Waals surface area contributed by atoms with Gasteiger partial charge in [-0.2, -0.15) is 0 Å². The van der Waals surface area contributed by atoms with E-state index in [1.165, 1.54) is 0 Å². The Balaban J connectivity index is 4.25. The highest BCUT2D eigenvalue weighted by atomic mass is 16.5. The summed E-state index contributed by atoms with van der Waals surface area (Å²) < 4.78 is 4.56. The molecule has 0 atom stereocenters. The van der Waals surface area contributed by atoms with Crippen molar-refractivity contribution in [1.29, 1.82) is 0 Å². The maximum atomic E-state index is 9.91. The van der Waals surface area contributed by atoms with Crippen LogP contribution in [-0.2, 0) is 9.53 Å². The molecule has 0 aromatic heterocycles. The van der Waals surface area contributed by atoms with E-state index in [0.717, 1.165) is 5.57 Å². The highest BCUT2D eigenvalue weighted by molar-refractivity contribution is 6.23. The molecule has 0 heterocycles. The number of carbonyl (C=O) groups is 1. The van der Waals surface area contributed by atoms with Gasteiger partial charge in [0, 0.05) is 0 Å². The van der Waals surface area contributed by atoms with Crippen molar-refractivity contribution < 1.29 is 9.53 Å². The van der Waals surface area contributed by atoms with Crippen molar-refractivity contribution in [3.63, 3.8) is 0 Å². The van der Waals surface area contributed by atoms with E-state index in [1.54, 1.807) is 24.3 Å². The molecule has 0 spiro atoms. The molecule has 0 aromatic carbocycles. The van der Waals surface area contributed by atoms with Gasteiger partial charge in [-0.3, -0.25) is 4.79 Å². The lowest BCUT2D eigenvalue weighted by atomic mass is 9.97. The molecule has 2 nitrogen and oxygen atoms in total. The Hall–Kier alpha value is -1.51. The summed E-state index contributed by atoms with van der Waals surface area (Å²) in [4.78, 5) is 9.91. The van der Waals surface area contributed by atoms with Gasteiger partial charge in [0.2, 0.25) is 0 Å². The average Bonchev–Trinajstić information content (AvgIpc) is 2.09. The van der Waals surface area contributed by atoms with Gasteiger partial charge in [0.15, 0.2) is 0 Å². The Morgan fingerprint density at radius 2 is 2.15 bits per heavy atom. The van der Waals surface area contributed by atoms with Crippen LogP contribution in [0.15, 0.2) is 48.5 Å². The summed E-state index contributed by atoms with van der Waals surface area (Å²) in [6.07, 6.45) is 6.67. The molecule has 0 bridgehead atoms. The zero-order valence-electron chi connectivity index (χ0n) is 7.40. The maximum absolute atomic E-state index is 9.91. The fourth-order valence-corrected chi connectivity index (χ4v) is 0.647. The van der Waals surface area contributed by atoms with Crippen LogP contribution in [0.4, 0.5) is 0 Å². The van der Waals surface area contributed by atoms with Gasteiger partial charge in [0.05, 0.1) is 0 Å². The quantitative estimate of drug-likeness (QED) is 0.346. The van der Waals surface area contributed by atoms with Crippen molar-refractivity contribution in [3.8, 4) is 0 Å². The third-order valence-electron chi connectivity index (χ3n) is 1.16. The Kier molecular flexibility index (Phi) is 6.33. The van der Waals surface area contributed by atoms with Crippen LogP contribution in [0.5, 0.6) is 0 Å². The van der Waals surface area contributed by atoms with E-state index in [2.05, 4.69) is 17.9 Å². The fourth-order valence-electron chi connectivity index (χ4n) is 0.647. The minimum absolute atomic E-state index is 0.208. The molecule has 0 aliphatic carbocycles. The zero-order valence-corrected chi connectivity index (χ0v) is 7.40. The van der Waals surface area contributed by atoms with E-state index in [0.29, 0.717) is 11.9 Å². The molecule has 0 saturated heterocycles. The fraction of sp³-hybridized carbons (Fsp3) is 0.100. The first kappa shape index (κ1) is 11.5. The second-order valence-corrected chi connectivity index (χ2v) is 2.29. The Labute approximate surface area is 79.7 Å². The van der Waals surface area contributed by atoms with Gasteiger partial charge in [0.1, 0.15) is 14.5 Å². The number of ether oxygens (including phenoxy) is 1. The first-order valence-electron chi connectivity index (χ1n) is 3.70. The van der Waals surface area contributed by atoms with E-state index in [9.17, 15) is 4.79 Å². The van der Waals surface area contributed by atoms with Gasteiger partial charge in [-0.05, 0) is 5.57 Å². The van der Waals surface area contributed by atoms with Crippen molar-refractivity contribution in [2.45, 2.75) is 0 Å². The molecule has 0 saturated carbocycles. The number of allylic oxidation sites excluding steroid dienone is 4. The van der Waals surface area contributed by atoms with Crippen LogP contribution < -0.4 is 0 Å². The first-order valence-corrected chi connectivity index (χ1v) is 3.70. The number of carbonyl (C=O) groups excluding carboxylic acids is 1. The molecule has 0 aromatic rings. The van der Waals surface area contributed by atoms with Gasteiger partial charge >= 0.3 is 0 Å². The molecular weight excluding hydrogens is 163 g/mol. The van der Waals surface area contributed by atoms with Gasteiger partial charge in [-0.15, -0.1) is 12.1 Å². The molecule has 0 fully saturated rings. The SMILES string of the molecule is [B]C(=C)/C=C\C(=C/C=C)COC=O. The summed E-state index contributed by atoms with van der Waals surface area (Å²) in [7, 11) is 5.32. The average molecular weight is 174 g/mol. The summed E-state index contributed by atoms with van der Waals surface area (Å²) in [6, 6.07) is 0. The Morgan fingerprint density at radius 3 is 2.62 bits per heavy atom. The van der Waals surface area contributed by atoms with Crippen molar-refractivity contribution in [2.75, 3.05) is 6.61 Å². The maximum Gasteiger partial charge on any atom is 0.293 e. The van der Waals surface area contributed by atoms with Crippen molar-refractivity contribution in [1.82, 2.24) is 0 Å². The van der Waals surface area contributed by atoms with Gasteiger partial charge in [-0.1, -0.05) is 30.9 Å². The van der Waals surface area contributed by atoms with Crippen LogP contribution in [0.2, 0.25) is 0 Å². The third-order valence-corrected chi connectivity index (χ3v) is 1.16. The summed E-state index contributed by atoms with van der Waals surface area (Å²) >= 11 is 0. The van der Waals surface area contributed by atoms with Crippen LogP contribution in [0.3, 0.4) is 0 Å². The lowest BCUT2D eigenvalue weighted by molar-refractivity contribution is -0.127. The number of hydrogen-bond acceptors (Lipinski definition) is 2. The largest absolute Gasteiger partial charge is 0.463 e. The van der Waals surface area contributed by atoms with E-state index >= 15 is 0 Å². The molecule has 0 unspecified atom stereocenters. The van der Waals surface area contributed by atoms with Crippen molar-refractivity contribution in [3.05, 3.63) is 48.5 Å². The highest BCUT2D eigenvalue weighted by Gasteiger charge is 1.90. The lowest BCUT2D eigenvalue weighted by Gasteiger charge is -1.98. The molecule has 0 aliphatic heterocycles. The molecule has 0 rings (SSSR count). The van der Waals surface area contributed by atoms with Crippen LogP contribution in [0.1, 0.15) is 0 Å². The second kappa shape index (κ2) is 7.16. The standard InChI is InChI=1S/C10H11BO2/c1-3-4-10(7-13-8-12)6-5-9(2)11/h3-6,8H,1-2,7H2/b6-5-,10-4+. The highest BCUT2D eigenvalue weighted by Crippen LogP contribution is 1.99. The smallest absolute Gasteiger partial charge is 0.293 e. The number of rotatable bonds is 6. The van der Waals surface area contributed by atoms with Gasteiger partial charge in [-0.25, -0.2) is 0 Å². The molecule has 3 heteroatoms. The van der Waals surface area contributed by atoms with Crippen molar-refractivity contribution in [2.24, 2.45) is 0 Å². The van der Waals surface area contributed by atoms with Crippen LogP contribution in [0, 0.1) is 0 Å². The van der Waals surface area contributed by atoms with E-state index in [-0.39, 0.29) is 6.61 Å². The predicted molar refractivity (Wildman–Crippen MR) is 54.3 cm³/mol. The molecular formula is C10H11BO2. The third kappa shape index (κ3) is 6.88. The Bertz CT molecular complexity index is 252. The first-order chi connectivity index (χ1) is 6.20. The normalized spacial score (nSPS) is 11.2. The predicted octanol–water partition coefficient (Wildman–Crippen LogP) is 1.51. The minimum Gasteiger partial charge on any atom is -0.463 e. The van der Waals surface area contributed by atoms with E-state index in [1.807, 2.05) is 0 Å². The van der Waals surface area contributed by atoms with Gasteiger partial charge in [0.25, 0.3) is 6.47 Å². The van der Waals surface area contributed by atoms with Crippen LogP contribution in [0.25, 0.3) is 0 Å². The molecule has 66 valence electrons. The van der Waals surface area contributed by atoms with Crippen LogP contribution in [-0.4, -0.2) is 20.9 Å². The summed E-state index contributed by atoms with van der Waals surface area (Å²) in [5.41, 5.74) is 1.25. The zero-order chi connectivity index (χ0) is 10.1. The summed E-state index contributed by atoms with van der Waals surface area (Å²) in [5, 5.41) is 0. The number of hydrogen-bond donors (Lipinski definition) is 0. The summed E-state index contributed by atoms with van der Waals surface area (Å²) in [6.45, 7) is 7.62. The minimum atomic E-state index is 0.208. The molecule has 0 N–H and O–H groups in total. The molecule has 0 amide bonds. The summed E-state index contributed by atoms with van der Waals surface area (Å²) in [5.74, 6) is 0. The van der Waals surface area contributed by atoms with Crippen LogP contribution >= 0.6 is 0 Å². The second-order valence-electron chi connectivity index (χ2n) is 2.29. The van der Waals surface area contributed by atoms with E-state index < -0.39 is 0 Å². The Morgan fingerprint density at radius 1 is 1.46 bits per heavy atom. The molecule has 13 heavy (non-hydrogen) atoms. The lowest BCUT2D eigenvalue weighted by Crippen LogP contribution is -1.93. The van der Waals surface area contributed by atoms with Crippen molar-refractivity contribution >= 4 is 14.3 Å². The monoisotopic (exact) mass is 174 g/mol. The topological polar surface area (TPSA) is 26.3 Å².